The number of halogens is 6. The summed E-state index contributed by atoms with van der Waals surface area (Å²) in [6, 6.07) is 0. The number of aliphatic hydroxyl groups is 1. The minimum atomic E-state index is -0.539. The van der Waals surface area contributed by atoms with Gasteiger partial charge in [-0.3, -0.25) is 0 Å². The van der Waals surface area contributed by atoms with Crippen LogP contribution in [0.25, 0.3) is 0 Å². The molecular weight excluding hydrogens is 580 g/mol. The number of rotatable bonds is 0. The van der Waals surface area contributed by atoms with E-state index in [9.17, 15) is 5.11 Å². The molecule has 1 saturated carbocycles. The van der Waals surface area contributed by atoms with Crippen molar-refractivity contribution in [3.63, 3.8) is 0 Å². The fourth-order valence-electron chi connectivity index (χ4n) is 1.88. The van der Waals surface area contributed by atoms with E-state index >= 15 is 0 Å². The van der Waals surface area contributed by atoms with Gasteiger partial charge in [0, 0.05) is 8.96 Å². The Bertz CT molecular complexity index is 339. The Kier molecular flexibility index (Phi) is 3.29. The molecule has 0 amide bonds. The molecule has 1 N–H and O–H groups in total. The van der Waals surface area contributed by atoms with Crippen LogP contribution in [0.4, 0.5) is 0 Å². The van der Waals surface area contributed by atoms with Crippen molar-refractivity contribution >= 4 is 95.6 Å². The number of hydrogen-bond donors (Lipinski definition) is 1. The molecule has 80 valence electrons. The van der Waals surface area contributed by atoms with E-state index in [-0.39, 0.29) is 4.32 Å². The van der Waals surface area contributed by atoms with Gasteiger partial charge < -0.3 is 5.11 Å². The van der Waals surface area contributed by atoms with Gasteiger partial charge in [-0.25, -0.2) is 0 Å². The lowest BCUT2D eigenvalue weighted by Crippen LogP contribution is -2.44. The third kappa shape index (κ3) is 1.19. The van der Waals surface area contributed by atoms with Crippen molar-refractivity contribution in [3.8, 4) is 0 Å². The Morgan fingerprint density at radius 1 is 1.07 bits per heavy atom. The van der Waals surface area contributed by atoms with Gasteiger partial charge in [0.2, 0.25) is 0 Å². The molecule has 0 aromatic rings. The molecule has 0 saturated heterocycles. The highest BCUT2D eigenvalue weighted by molar-refractivity contribution is 9.27. The standard InChI is InChI=1S/C7H4Br6O/c8-3-4(9)6(11)2(14)1-5(3,10)7(6,12)13/h2,14H,1H2. The number of aliphatic hydroxyl groups excluding tert-OH is 1. The third-order valence-electron chi connectivity index (χ3n) is 2.75. The Morgan fingerprint density at radius 2 is 1.57 bits per heavy atom. The van der Waals surface area contributed by atoms with Crippen LogP contribution in [0.1, 0.15) is 6.42 Å². The summed E-state index contributed by atoms with van der Waals surface area (Å²) in [5.74, 6) is 0. The summed E-state index contributed by atoms with van der Waals surface area (Å²) in [4.78, 5) is 0. The molecule has 2 bridgehead atoms. The van der Waals surface area contributed by atoms with E-state index in [1.165, 1.54) is 0 Å². The van der Waals surface area contributed by atoms with Crippen molar-refractivity contribution < 1.29 is 5.11 Å². The summed E-state index contributed by atoms with van der Waals surface area (Å²) in [5.41, 5.74) is 0. The molecule has 0 aliphatic heterocycles. The van der Waals surface area contributed by atoms with Gasteiger partial charge in [0.25, 0.3) is 0 Å². The smallest absolute Gasteiger partial charge is 0.123 e. The van der Waals surface area contributed by atoms with Crippen molar-refractivity contribution in [2.75, 3.05) is 0 Å². The van der Waals surface area contributed by atoms with Crippen LogP contribution in [0, 0.1) is 0 Å². The van der Waals surface area contributed by atoms with E-state index in [0.717, 1.165) is 8.96 Å². The largest absolute Gasteiger partial charge is 0.391 e. The molecular formula is C7H4Br6O. The number of allylic oxidation sites excluding steroid dienone is 1. The molecule has 1 fully saturated rings. The maximum atomic E-state index is 10.0. The molecule has 0 heterocycles. The van der Waals surface area contributed by atoms with Crippen LogP contribution in [-0.2, 0) is 0 Å². The average Bonchev–Trinajstić information content (AvgIpc) is 2.27. The average molecular weight is 584 g/mol. The Balaban J connectivity index is 2.70. The van der Waals surface area contributed by atoms with E-state index in [0.29, 0.717) is 6.42 Å². The molecule has 3 atom stereocenters. The summed E-state index contributed by atoms with van der Waals surface area (Å²) < 4.78 is 0.622. The van der Waals surface area contributed by atoms with Crippen LogP contribution in [0.3, 0.4) is 0 Å². The highest BCUT2D eigenvalue weighted by atomic mass is 79.9. The zero-order valence-electron chi connectivity index (χ0n) is 6.50. The quantitative estimate of drug-likeness (QED) is 0.416. The molecule has 2 aliphatic carbocycles. The van der Waals surface area contributed by atoms with Crippen molar-refractivity contribution in [2.24, 2.45) is 0 Å². The van der Waals surface area contributed by atoms with Crippen LogP contribution in [0.2, 0.25) is 0 Å². The second kappa shape index (κ2) is 3.54. The molecule has 0 radical (unpaired) electrons. The summed E-state index contributed by atoms with van der Waals surface area (Å²) in [7, 11) is 0. The molecule has 7 heteroatoms. The number of hydrogen-bond acceptors (Lipinski definition) is 1. The predicted molar refractivity (Wildman–Crippen MR) is 79.4 cm³/mol. The van der Waals surface area contributed by atoms with Crippen molar-refractivity contribution in [1.82, 2.24) is 0 Å². The first-order chi connectivity index (χ1) is 6.19. The van der Waals surface area contributed by atoms with Crippen molar-refractivity contribution in [3.05, 3.63) is 8.96 Å². The molecule has 3 unspecified atom stereocenters. The lowest BCUT2D eigenvalue weighted by atomic mass is 10.0. The topological polar surface area (TPSA) is 20.2 Å². The van der Waals surface area contributed by atoms with Gasteiger partial charge in [0.15, 0.2) is 0 Å². The van der Waals surface area contributed by atoms with Gasteiger partial charge in [-0.1, -0.05) is 95.6 Å². The monoisotopic (exact) mass is 578 g/mol. The maximum Gasteiger partial charge on any atom is 0.123 e. The SMILES string of the molecule is OC1CC2(Br)C(Br)=C(Br)C1(Br)C2(Br)Br. The highest BCUT2D eigenvalue weighted by Gasteiger charge is 2.76. The van der Waals surface area contributed by atoms with Crippen molar-refractivity contribution in [2.45, 2.75) is 24.4 Å². The van der Waals surface area contributed by atoms with E-state index in [2.05, 4.69) is 95.6 Å². The van der Waals surface area contributed by atoms with E-state index in [1.807, 2.05) is 0 Å². The Hall–Kier alpha value is 2.58. The maximum absolute atomic E-state index is 10.0. The normalized spacial score (nSPS) is 50.4. The van der Waals surface area contributed by atoms with Gasteiger partial charge in [-0.05, 0) is 6.42 Å². The molecule has 0 aromatic carbocycles. The predicted octanol–water partition coefficient (Wildman–Crippen LogP) is 4.52. The Labute approximate surface area is 132 Å². The van der Waals surface area contributed by atoms with E-state index < -0.39 is 13.7 Å². The molecule has 14 heavy (non-hydrogen) atoms. The lowest BCUT2D eigenvalue weighted by Gasteiger charge is -2.33. The van der Waals surface area contributed by atoms with Gasteiger partial charge in [0.05, 0.1) is 10.4 Å². The fourth-order valence-corrected chi connectivity index (χ4v) is 8.57. The van der Waals surface area contributed by atoms with Crippen LogP contribution in [0.5, 0.6) is 0 Å². The first kappa shape index (κ1) is 13.0. The fraction of sp³-hybridized carbons (Fsp3) is 0.714. The Morgan fingerprint density at radius 3 is 1.86 bits per heavy atom. The van der Waals surface area contributed by atoms with Crippen LogP contribution in [-0.4, -0.2) is 23.1 Å². The van der Waals surface area contributed by atoms with Gasteiger partial charge >= 0.3 is 0 Å². The minimum Gasteiger partial charge on any atom is -0.391 e. The molecule has 0 aromatic heterocycles. The zero-order chi connectivity index (χ0) is 10.9. The summed E-state index contributed by atoms with van der Waals surface area (Å²) >= 11 is 21.6. The highest BCUT2D eigenvalue weighted by Crippen LogP contribution is 2.75. The third-order valence-corrected chi connectivity index (χ3v) is 14.0. The zero-order valence-corrected chi connectivity index (χ0v) is 16.0. The van der Waals surface area contributed by atoms with Gasteiger partial charge in [0.1, 0.15) is 7.56 Å². The molecule has 1 nitrogen and oxygen atoms in total. The first-order valence-corrected chi connectivity index (χ1v) is 8.45. The molecule has 2 aliphatic rings. The number of alkyl halides is 4. The van der Waals surface area contributed by atoms with E-state index in [4.69, 9.17) is 0 Å². The molecule has 0 spiro atoms. The second-order valence-electron chi connectivity index (χ2n) is 3.44. The minimum absolute atomic E-state index is 0.332. The van der Waals surface area contributed by atoms with Crippen LogP contribution in [0.15, 0.2) is 8.96 Å². The van der Waals surface area contributed by atoms with Crippen molar-refractivity contribution in [1.29, 1.82) is 0 Å². The molecule has 2 rings (SSSR count). The summed E-state index contributed by atoms with van der Waals surface area (Å²) in [6.07, 6.45) is 0.168. The summed E-state index contributed by atoms with van der Waals surface area (Å²) in [5, 5.41) is 10.0. The number of fused-ring (bicyclic) bond motifs is 2. The first-order valence-electron chi connectivity index (χ1n) is 3.69. The van der Waals surface area contributed by atoms with Crippen LogP contribution < -0.4 is 0 Å². The second-order valence-corrected chi connectivity index (χ2v) is 11.1. The summed E-state index contributed by atoms with van der Waals surface area (Å²) in [6.45, 7) is 0. The van der Waals surface area contributed by atoms with Crippen LogP contribution >= 0.6 is 95.6 Å². The van der Waals surface area contributed by atoms with Gasteiger partial charge in [-0.15, -0.1) is 0 Å². The van der Waals surface area contributed by atoms with Gasteiger partial charge in [-0.2, -0.15) is 0 Å². The van der Waals surface area contributed by atoms with E-state index in [1.54, 1.807) is 0 Å². The lowest BCUT2D eigenvalue weighted by molar-refractivity contribution is 0.164.